The van der Waals surface area contributed by atoms with Crippen LogP contribution in [-0.2, 0) is 6.54 Å². The normalized spacial score (nSPS) is 18.5. The van der Waals surface area contributed by atoms with Crippen LogP contribution in [0.1, 0.15) is 18.5 Å². The summed E-state index contributed by atoms with van der Waals surface area (Å²) in [6, 6.07) is 16.1. The molecule has 0 unspecified atom stereocenters. The summed E-state index contributed by atoms with van der Waals surface area (Å²) in [7, 11) is 0. The molecule has 1 aliphatic heterocycles. The molecule has 0 saturated carbocycles. The number of hydrogen-bond acceptors (Lipinski definition) is 2. The van der Waals surface area contributed by atoms with Gasteiger partial charge in [0.1, 0.15) is 0 Å². The summed E-state index contributed by atoms with van der Waals surface area (Å²) >= 11 is 0. The van der Waals surface area contributed by atoms with Gasteiger partial charge in [-0.05, 0) is 30.7 Å². The lowest BCUT2D eigenvalue weighted by Gasteiger charge is -2.25. The van der Waals surface area contributed by atoms with Crippen molar-refractivity contribution < 1.29 is 0 Å². The first kappa shape index (κ1) is 15.3. The highest BCUT2D eigenvalue weighted by Crippen LogP contribution is 2.31. The highest BCUT2D eigenvalue weighted by atomic mass is 35.5. The van der Waals surface area contributed by atoms with Crippen LogP contribution in [0.4, 0.5) is 0 Å². The molecule has 1 atom stereocenters. The van der Waals surface area contributed by atoms with E-state index < -0.39 is 0 Å². The van der Waals surface area contributed by atoms with Crippen molar-refractivity contribution in [3.8, 4) is 0 Å². The van der Waals surface area contributed by atoms with E-state index >= 15 is 0 Å². The summed E-state index contributed by atoms with van der Waals surface area (Å²) < 4.78 is 2.40. The lowest BCUT2D eigenvalue weighted by atomic mass is 10.0. The van der Waals surface area contributed by atoms with Gasteiger partial charge in [-0.2, -0.15) is 0 Å². The Bertz CT molecular complexity index is 787. The third-order valence-corrected chi connectivity index (χ3v) is 4.56. The third-order valence-electron chi connectivity index (χ3n) is 4.56. The molecule has 22 heavy (non-hydrogen) atoms. The minimum absolute atomic E-state index is 0. The number of aryl methyl sites for hydroxylation is 1. The van der Waals surface area contributed by atoms with Gasteiger partial charge in [0, 0.05) is 54.0 Å². The largest absolute Gasteiger partial charge is 0.341 e. The molecule has 3 aromatic rings. The van der Waals surface area contributed by atoms with E-state index in [1.54, 1.807) is 0 Å². The molecule has 1 aromatic heterocycles. The van der Waals surface area contributed by atoms with Crippen molar-refractivity contribution in [2.45, 2.75) is 19.5 Å². The molecule has 4 heteroatoms. The molecule has 4 rings (SSSR count). The molecule has 0 amide bonds. The van der Waals surface area contributed by atoms with Crippen molar-refractivity contribution in [2.24, 2.45) is 0 Å². The van der Waals surface area contributed by atoms with Gasteiger partial charge in [-0.15, -0.1) is 12.4 Å². The summed E-state index contributed by atoms with van der Waals surface area (Å²) in [5.41, 5.74) is 4.06. The van der Waals surface area contributed by atoms with Crippen molar-refractivity contribution in [3.63, 3.8) is 0 Å². The first-order valence-electron chi connectivity index (χ1n) is 7.83. The Morgan fingerprint density at radius 3 is 2.64 bits per heavy atom. The van der Waals surface area contributed by atoms with Crippen molar-refractivity contribution >= 4 is 34.2 Å². The number of nitrogens with one attached hydrogen (secondary N) is 2. The molecule has 0 spiro atoms. The molecule has 2 heterocycles. The quantitative estimate of drug-likeness (QED) is 0.758. The van der Waals surface area contributed by atoms with Crippen LogP contribution in [0.5, 0.6) is 0 Å². The van der Waals surface area contributed by atoms with Gasteiger partial charge in [0.25, 0.3) is 0 Å². The highest BCUT2D eigenvalue weighted by Gasteiger charge is 2.16. The number of para-hydroxylation sites is 1. The Balaban J connectivity index is 0.00000144. The predicted molar refractivity (Wildman–Crippen MR) is 96.0 cm³/mol. The minimum Gasteiger partial charge on any atom is -0.341 e. The fourth-order valence-electron chi connectivity index (χ4n) is 3.52. The monoisotopic (exact) mass is 315 g/mol. The zero-order chi connectivity index (χ0) is 14.2. The Morgan fingerprint density at radius 1 is 1.05 bits per heavy atom. The van der Waals surface area contributed by atoms with Crippen LogP contribution in [-0.4, -0.2) is 24.2 Å². The van der Waals surface area contributed by atoms with E-state index in [1.165, 1.54) is 27.4 Å². The van der Waals surface area contributed by atoms with E-state index in [0.717, 1.165) is 26.2 Å². The van der Waals surface area contributed by atoms with E-state index in [0.29, 0.717) is 6.04 Å². The van der Waals surface area contributed by atoms with Gasteiger partial charge in [-0.25, -0.2) is 0 Å². The summed E-state index contributed by atoms with van der Waals surface area (Å²) in [4.78, 5) is 0. The lowest BCUT2D eigenvalue weighted by Crippen LogP contribution is -2.42. The molecular weight excluding hydrogens is 294 g/mol. The van der Waals surface area contributed by atoms with E-state index in [2.05, 4.69) is 64.6 Å². The second kappa shape index (κ2) is 6.29. The van der Waals surface area contributed by atoms with Crippen LogP contribution in [0.15, 0.2) is 42.5 Å². The molecular formula is C18H22ClN3. The molecule has 1 aliphatic rings. The smallest absolute Gasteiger partial charge is 0.0491 e. The summed E-state index contributed by atoms with van der Waals surface area (Å²) in [6.45, 7) is 6.34. The number of fused-ring (bicyclic) bond motifs is 3. The summed E-state index contributed by atoms with van der Waals surface area (Å²) in [5, 5.41) is 9.80. The standard InChI is InChI=1S/C18H21N3.ClH/c1-2-21-17-6-4-3-5-14(17)15-11-13(7-8-18(15)21)16-12-19-9-10-20-16;/h3-8,11,16,19-20H,2,9-10,12H2,1H3;1H/t16-;/m1./s1. The molecule has 3 nitrogen and oxygen atoms in total. The second-order valence-corrected chi connectivity index (χ2v) is 5.75. The van der Waals surface area contributed by atoms with Crippen LogP contribution in [0.3, 0.4) is 0 Å². The molecule has 1 saturated heterocycles. The molecule has 2 N–H and O–H groups in total. The summed E-state index contributed by atoms with van der Waals surface area (Å²) in [6.07, 6.45) is 0. The molecule has 116 valence electrons. The average Bonchev–Trinajstić information content (AvgIpc) is 2.88. The van der Waals surface area contributed by atoms with Crippen LogP contribution in [0.2, 0.25) is 0 Å². The number of halogens is 1. The van der Waals surface area contributed by atoms with Crippen molar-refractivity contribution in [2.75, 3.05) is 19.6 Å². The van der Waals surface area contributed by atoms with E-state index in [4.69, 9.17) is 0 Å². The second-order valence-electron chi connectivity index (χ2n) is 5.75. The maximum absolute atomic E-state index is 3.60. The number of aromatic nitrogens is 1. The van der Waals surface area contributed by atoms with Gasteiger partial charge in [0.2, 0.25) is 0 Å². The third kappa shape index (κ3) is 2.39. The van der Waals surface area contributed by atoms with Crippen LogP contribution in [0.25, 0.3) is 21.8 Å². The van der Waals surface area contributed by atoms with Crippen LogP contribution in [0, 0.1) is 0 Å². The number of benzene rings is 2. The number of hydrogen-bond donors (Lipinski definition) is 2. The Morgan fingerprint density at radius 2 is 1.86 bits per heavy atom. The highest BCUT2D eigenvalue weighted by molar-refractivity contribution is 6.08. The fraction of sp³-hybridized carbons (Fsp3) is 0.333. The first-order valence-corrected chi connectivity index (χ1v) is 7.83. The average molecular weight is 316 g/mol. The van der Waals surface area contributed by atoms with Crippen molar-refractivity contribution in [3.05, 3.63) is 48.0 Å². The van der Waals surface area contributed by atoms with Gasteiger partial charge in [0.05, 0.1) is 0 Å². The Labute approximate surface area is 137 Å². The topological polar surface area (TPSA) is 29.0 Å². The zero-order valence-corrected chi connectivity index (χ0v) is 13.6. The van der Waals surface area contributed by atoms with Crippen molar-refractivity contribution in [1.29, 1.82) is 0 Å². The fourth-order valence-corrected chi connectivity index (χ4v) is 3.52. The van der Waals surface area contributed by atoms with E-state index in [9.17, 15) is 0 Å². The number of nitrogens with zero attached hydrogens (tertiary/aromatic N) is 1. The molecule has 2 aromatic carbocycles. The Hall–Kier alpha value is -1.55. The Kier molecular flexibility index (Phi) is 4.39. The molecule has 1 fully saturated rings. The lowest BCUT2D eigenvalue weighted by molar-refractivity contribution is 0.430. The van der Waals surface area contributed by atoms with Crippen molar-refractivity contribution in [1.82, 2.24) is 15.2 Å². The zero-order valence-electron chi connectivity index (χ0n) is 12.8. The first-order chi connectivity index (χ1) is 10.4. The molecule has 0 bridgehead atoms. The SMILES string of the molecule is CCn1c2ccccc2c2cc([C@H]3CNCCN3)ccc21.Cl. The predicted octanol–water partition coefficient (Wildman–Crippen LogP) is 3.47. The minimum atomic E-state index is 0. The van der Waals surface area contributed by atoms with E-state index in [1.807, 2.05) is 0 Å². The van der Waals surface area contributed by atoms with E-state index in [-0.39, 0.29) is 12.4 Å². The number of piperazine rings is 1. The maximum atomic E-state index is 3.60. The van der Waals surface area contributed by atoms with Gasteiger partial charge in [-0.1, -0.05) is 24.3 Å². The van der Waals surface area contributed by atoms with Gasteiger partial charge >= 0.3 is 0 Å². The van der Waals surface area contributed by atoms with Gasteiger partial charge < -0.3 is 15.2 Å². The van der Waals surface area contributed by atoms with Gasteiger partial charge in [0.15, 0.2) is 0 Å². The summed E-state index contributed by atoms with van der Waals surface area (Å²) in [5.74, 6) is 0. The molecule has 0 aliphatic carbocycles. The maximum Gasteiger partial charge on any atom is 0.0491 e. The number of rotatable bonds is 2. The van der Waals surface area contributed by atoms with Crippen LogP contribution >= 0.6 is 12.4 Å². The molecule has 0 radical (unpaired) electrons. The van der Waals surface area contributed by atoms with Crippen LogP contribution < -0.4 is 10.6 Å². The van der Waals surface area contributed by atoms with Gasteiger partial charge in [-0.3, -0.25) is 0 Å².